The van der Waals surface area contributed by atoms with E-state index in [1.54, 1.807) is 6.92 Å². The Labute approximate surface area is 113 Å². The molecule has 0 saturated carbocycles. The molecule has 0 radical (unpaired) electrons. The minimum Gasteiger partial charge on any atom is -0.480 e. The van der Waals surface area contributed by atoms with E-state index in [9.17, 15) is 14.4 Å². The van der Waals surface area contributed by atoms with E-state index in [4.69, 9.17) is 5.11 Å². The number of amides is 3. The molecule has 0 saturated heterocycles. The Morgan fingerprint density at radius 3 is 2.32 bits per heavy atom. The quantitative estimate of drug-likeness (QED) is 0.619. The molecule has 0 aliphatic carbocycles. The predicted molar refractivity (Wildman–Crippen MR) is 70.7 cm³/mol. The van der Waals surface area contributed by atoms with Crippen LogP contribution in [-0.4, -0.2) is 54.6 Å². The smallest absolute Gasteiger partial charge is 0.326 e. The first-order chi connectivity index (χ1) is 8.83. The van der Waals surface area contributed by atoms with Crippen molar-refractivity contribution in [3.05, 3.63) is 0 Å². The zero-order chi connectivity index (χ0) is 15.0. The van der Waals surface area contributed by atoms with Crippen LogP contribution in [0.4, 0.5) is 4.79 Å². The van der Waals surface area contributed by atoms with Crippen LogP contribution >= 0.6 is 0 Å². The van der Waals surface area contributed by atoms with E-state index in [1.807, 2.05) is 6.92 Å². The normalized spacial score (nSPS) is 13.3. The molecule has 0 aliphatic rings. The lowest BCUT2D eigenvalue weighted by atomic mass is 10.1. The molecule has 7 heteroatoms. The van der Waals surface area contributed by atoms with Crippen LogP contribution in [0.5, 0.6) is 0 Å². The molecule has 0 aromatic heterocycles. The largest absolute Gasteiger partial charge is 0.480 e. The summed E-state index contributed by atoms with van der Waals surface area (Å²) >= 11 is 0. The number of nitrogens with zero attached hydrogens (tertiary/aromatic N) is 1. The Balaban J connectivity index is 4.40. The molecule has 0 aliphatic heterocycles. The fourth-order valence-corrected chi connectivity index (χ4v) is 1.63. The molecule has 3 amide bonds. The van der Waals surface area contributed by atoms with E-state index in [-0.39, 0.29) is 18.4 Å². The Kier molecular flexibility index (Phi) is 7.55. The van der Waals surface area contributed by atoms with Crippen molar-refractivity contribution in [2.24, 2.45) is 5.92 Å². The number of carboxylic acids is 1. The third-order valence-electron chi connectivity index (χ3n) is 2.76. The molecule has 19 heavy (non-hydrogen) atoms. The minimum absolute atomic E-state index is 0.164. The summed E-state index contributed by atoms with van der Waals surface area (Å²) < 4.78 is 0. The van der Waals surface area contributed by atoms with Gasteiger partial charge in [-0.15, -0.1) is 0 Å². The standard InChI is InChI=1S/C12H23N3O4/c1-5-6-9(11(17)18)14-12(19)15(4)7-8(2)10(16)13-3/h8-9H,5-7H2,1-4H3,(H,13,16)(H,14,19)(H,17,18). The highest BCUT2D eigenvalue weighted by Gasteiger charge is 2.22. The van der Waals surface area contributed by atoms with Crippen LogP contribution in [0.15, 0.2) is 0 Å². The average Bonchev–Trinajstić information content (AvgIpc) is 2.36. The summed E-state index contributed by atoms with van der Waals surface area (Å²) in [7, 11) is 3.06. The molecule has 0 aromatic rings. The summed E-state index contributed by atoms with van der Waals surface area (Å²) in [6, 6.07) is -1.38. The first kappa shape index (κ1) is 17.2. The maximum atomic E-state index is 11.8. The monoisotopic (exact) mass is 273 g/mol. The summed E-state index contributed by atoms with van der Waals surface area (Å²) in [4.78, 5) is 35.4. The van der Waals surface area contributed by atoms with E-state index in [0.717, 1.165) is 0 Å². The van der Waals surface area contributed by atoms with Gasteiger partial charge in [-0.1, -0.05) is 20.3 Å². The fourth-order valence-electron chi connectivity index (χ4n) is 1.63. The van der Waals surface area contributed by atoms with Crippen LogP contribution in [0, 0.1) is 5.92 Å². The van der Waals surface area contributed by atoms with E-state index >= 15 is 0 Å². The highest BCUT2D eigenvalue weighted by Crippen LogP contribution is 2.01. The van der Waals surface area contributed by atoms with Gasteiger partial charge in [0, 0.05) is 20.6 Å². The van der Waals surface area contributed by atoms with Gasteiger partial charge >= 0.3 is 12.0 Å². The van der Waals surface area contributed by atoms with Crippen molar-refractivity contribution in [3.63, 3.8) is 0 Å². The first-order valence-electron chi connectivity index (χ1n) is 6.29. The average molecular weight is 273 g/mol. The molecule has 0 rings (SSSR count). The predicted octanol–water partition coefficient (Wildman–Crippen LogP) is 0.263. The highest BCUT2D eigenvalue weighted by molar-refractivity contribution is 5.83. The number of urea groups is 1. The zero-order valence-electron chi connectivity index (χ0n) is 11.9. The van der Waals surface area contributed by atoms with Gasteiger partial charge in [0.25, 0.3) is 0 Å². The van der Waals surface area contributed by atoms with E-state index < -0.39 is 18.0 Å². The van der Waals surface area contributed by atoms with E-state index in [2.05, 4.69) is 10.6 Å². The van der Waals surface area contributed by atoms with Crippen molar-refractivity contribution in [3.8, 4) is 0 Å². The van der Waals surface area contributed by atoms with Crippen LogP contribution in [0.2, 0.25) is 0 Å². The lowest BCUT2D eigenvalue weighted by molar-refractivity contribution is -0.139. The van der Waals surface area contributed by atoms with Crippen LogP contribution < -0.4 is 10.6 Å². The molecular formula is C12H23N3O4. The Morgan fingerprint density at radius 2 is 1.89 bits per heavy atom. The Morgan fingerprint density at radius 1 is 1.32 bits per heavy atom. The van der Waals surface area contributed by atoms with E-state index in [0.29, 0.717) is 12.8 Å². The topological polar surface area (TPSA) is 98.7 Å². The van der Waals surface area contributed by atoms with Crippen molar-refractivity contribution in [1.82, 2.24) is 15.5 Å². The Hall–Kier alpha value is -1.79. The van der Waals surface area contributed by atoms with Crippen molar-refractivity contribution in [2.75, 3.05) is 20.6 Å². The van der Waals surface area contributed by atoms with E-state index in [1.165, 1.54) is 19.0 Å². The van der Waals surface area contributed by atoms with Gasteiger partial charge in [-0.25, -0.2) is 9.59 Å². The van der Waals surface area contributed by atoms with Crippen molar-refractivity contribution >= 4 is 17.9 Å². The van der Waals surface area contributed by atoms with Crippen LogP contribution in [-0.2, 0) is 9.59 Å². The number of carbonyl (C=O) groups is 3. The molecule has 7 nitrogen and oxygen atoms in total. The van der Waals surface area contributed by atoms with Gasteiger partial charge in [0.1, 0.15) is 6.04 Å². The van der Waals surface area contributed by atoms with Crippen LogP contribution in [0.3, 0.4) is 0 Å². The zero-order valence-corrected chi connectivity index (χ0v) is 11.9. The number of carboxylic acid groups (broad SMARTS) is 1. The third kappa shape index (κ3) is 6.08. The molecule has 0 spiro atoms. The Bertz CT molecular complexity index is 333. The van der Waals surface area contributed by atoms with Gasteiger partial charge in [-0.2, -0.15) is 0 Å². The van der Waals surface area contributed by atoms with Crippen LogP contribution in [0.25, 0.3) is 0 Å². The number of nitrogens with one attached hydrogen (secondary N) is 2. The summed E-state index contributed by atoms with van der Waals surface area (Å²) in [5.41, 5.74) is 0. The summed E-state index contributed by atoms with van der Waals surface area (Å²) in [5, 5.41) is 13.9. The first-order valence-corrected chi connectivity index (χ1v) is 6.29. The van der Waals surface area contributed by atoms with Crippen LogP contribution in [0.1, 0.15) is 26.7 Å². The lowest BCUT2D eigenvalue weighted by Crippen LogP contribution is -2.48. The van der Waals surface area contributed by atoms with Gasteiger partial charge in [-0.3, -0.25) is 4.79 Å². The second kappa shape index (κ2) is 8.34. The minimum atomic E-state index is -1.05. The fraction of sp³-hybridized carbons (Fsp3) is 0.750. The van der Waals surface area contributed by atoms with Gasteiger partial charge in [0.05, 0.1) is 5.92 Å². The third-order valence-corrected chi connectivity index (χ3v) is 2.76. The molecule has 0 bridgehead atoms. The second-order valence-corrected chi connectivity index (χ2v) is 4.52. The van der Waals surface area contributed by atoms with Gasteiger partial charge in [0.15, 0.2) is 0 Å². The number of carbonyl (C=O) groups excluding carboxylic acids is 2. The summed E-state index contributed by atoms with van der Waals surface area (Å²) in [6.45, 7) is 3.77. The maximum absolute atomic E-state index is 11.8. The summed E-state index contributed by atoms with van der Waals surface area (Å²) in [6.07, 6.45) is 1.04. The molecule has 0 aromatic carbocycles. The number of rotatable bonds is 7. The molecule has 0 fully saturated rings. The molecule has 2 unspecified atom stereocenters. The molecule has 3 N–H and O–H groups in total. The van der Waals surface area contributed by atoms with Crippen molar-refractivity contribution in [2.45, 2.75) is 32.7 Å². The second-order valence-electron chi connectivity index (χ2n) is 4.52. The summed E-state index contributed by atoms with van der Waals surface area (Å²) in [5.74, 6) is -1.57. The molecule has 0 heterocycles. The van der Waals surface area contributed by atoms with Crippen molar-refractivity contribution in [1.29, 1.82) is 0 Å². The van der Waals surface area contributed by atoms with Crippen molar-refractivity contribution < 1.29 is 19.5 Å². The molecule has 2 atom stereocenters. The van der Waals surface area contributed by atoms with Gasteiger partial charge in [0.2, 0.25) is 5.91 Å². The molecule has 110 valence electrons. The van der Waals surface area contributed by atoms with Gasteiger partial charge < -0.3 is 20.6 Å². The maximum Gasteiger partial charge on any atom is 0.326 e. The SMILES string of the molecule is CCCC(NC(=O)N(C)CC(C)C(=O)NC)C(=O)O. The highest BCUT2D eigenvalue weighted by atomic mass is 16.4. The molecular weight excluding hydrogens is 250 g/mol. The number of hydrogen-bond acceptors (Lipinski definition) is 3. The number of aliphatic carboxylic acids is 1. The lowest BCUT2D eigenvalue weighted by Gasteiger charge is -2.23. The number of hydrogen-bond donors (Lipinski definition) is 3. The van der Waals surface area contributed by atoms with Gasteiger partial charge in [-0.05, 0) is 6.42 Å².